The predicted octanol–water partition coefficient (Wildman–Crippen LogP) is 3.69. The van der Waals surface area contributed by atoms with E-state index in [4.69, 9.17) is 0 Å². The second-order valence-corrected chi connectivity index (χ2v) is 8.26. The summed E-state index contributed by atoms with van der Waals surface area (Å²) in [6.07, 6.45) is 1.28. The fourth-order valence-corrected chi connectivity index (χ4v) is 4.19. The number of carbonyl (C=O) groups is 1. The van der Waals surface area contributed by atoms with E-state index in [1.54, 1.807) is 37.3 Å². The zero-order valence-electron chi connectivity index (χ0n) is 15.8. The van der Waals surface area contributed by atoms with Crippen LogP contribution in [-0.4, -0.2) is 34.0 Å². The van der Waals surface area contributed by atoms with Crippen LogP contribution in [0, 0.1) is 5.82 Å². The Morgan fingerprint density at radius 1 is 1.20 bits per heavy atom. The molecule has 4 aromatic rings. The number of nitrogens with zero attached hydrogens (tertiary/aromatic N) is 2. The standard InChI is InChI=1S/C20H17FN4O4S/c1-2-25-11-15(10-18(25)20(26)27)30(28,29)24-14-7-8-16-17(9-14)23-19(22-16)12-3-5-13(21)6-4-12/h3-11,24H,2H2,1H3,(H,22,23)(H,26,27). The van der Waals surface area contributed by atoms with E-state index in [1.807, 2.05) is 0 Å². The van der Waals surface area contributed by atoms with E-state index < -0.39 is 16.0 Å². The van der Waals surface area contributed by atoms with Gasteiger partial charge < -0.3 is 14.7 Å². The number of benzene rings is 2. The number of aryl methyl sites for hydroxylation is 1. The number of halogens is 1. The third-order valence-electron chi connectivity index (χ3n) is 4.59. The van der Waals surface area contributed by atoms with Crippen LogP contribution in [0.2, 0.25) is 0 Å². The molecule has 0 atom stereocenters. The summed E-state index contributed by atoms with van der Waals surface area (Å²) in [4.78, 5) is 18.7. The number of nitrogens with one attached hydrogen (secondary N) is 2. The molecule has 10 heteroatoms. The molecular weight excluding hydrogens is 411 g/mol. The van der Waals surface area contributed by atoms with Crippen LogP contribution in [0.15, 0.2) is 59.6 Å². The van der Waals surface area contributed by atoms with Crippen LogP contribution < -0.4 is 4.72 Å². The molecule has 3 N–H and O–H groups in total. The number of anilines is 1. The molecule has 0 bridgehead atoms. The minimum Gasteiger partial charge on any atom is -0.477 e. The molecule has 2 aromatic carbocycles. The number of sulfonamides is 1. The summed E-state index contributed by atoms with van der Waals surface area (Å²) in [5, 5.41) is 9.23. The highest BCUT2D eigenvalue weighted by Crippen LogP contribution is 2.25. The average molecular weight is 428 g/mol. The Labute approximate surface area is 171 Å². The summed E-state index contributed by atoms with van der Waals surface area (Å²) in [6.45, 7) is 2.05. The number of imidazole rings is 1. The van der Waals surface area contributed by atoms with Gasteiger partial charge in [-0.3, -0.25) is 4.72 Å². The van der Waals surface area contributed by atoms with E-state index in [9.17, 15) is 22.7 Å². The first-order valence-corrected chi connectivity index (χ1v) is 10.5. The highest BCUT2D eigenvalue weighted by atomic mass is 32.2. The zero-order chi connectivity index (χ0) is 21.5. The summed E-state index contributed by atoms with van der Waals surface area (Å²) in [6, 6.07) is 11.8. The van der Waals surface area contributed by atoms with Crippen LogP contribution in [-0.2, 0) is 16.6 Å². The van der Waals surface area contributed by atoms with Crippen LogP contribution in [0.5, 0.6) is 0 Å². The third kappa shape index (κ3) is 3.64. The van der Waals surface area contributed by atoms with Gasteiger partial charge >= 0.3 is 5.97 Å². The number of aromatic nitrogens is 3. The van der Waals surface area contributed by atoms with Crippen molar-refractivity contribution in [2.45, 2.75) is 18.4 Å². The van der Waals surface area contributed by atoms with E-state index >= 15 is 0 Å². The van der Waals surface area contributed by atoms with Gasteiger partial charge in [-0.1, -0.05) is 0 Å². The van der Waals surface area contributed by atoms with Gasteiger partial charge in [0.05, 0.1) is 16.7 Å². The largest absolute Gasteiger partial charge is 0.477 e. The lowest BCUT2D eigenvalue weighted by atomic mass is 10.2. The molecule has 0 unspecified atom stereocenters. The Morgan fingerprint density at radius 3 is 2.57 bits per heavy atom. The van der Waals surface area contributed by atoms with Crippen molar-refractivity contribution in [3.63, 3.8) is 0 Å². The van der Waals surface area contributed by atoms with Crippen molar-refractivity contribution in [2.24, 2.45) is 0 Å². The SMILES string of the molecule is CCn1cc(S(=O)(=O)Nc2ccc3nc(-c4ccc(F)cc4)[nH]c3c2)cc1C(=O)O. The Balaban J connectivity index is 1.65. The monoisotopic (exact) mass is 428 g/mol. The Bertz CT molecular complexity index is 1360. The van der Waals surface area contributed by atoms with Crippen molar-refractivity contribution < 1.29 is 22.7 Å². The molecule has 0 aliphatic heterocycles. The van der Waals surface area contributed by atoms with Crippen molar-refractivity contribution in [1.82, 2.24) is 14.5 Å². The number of rotatable bonds is 6. The summed E-state index contributed by atoms with van der Waals surface area (Å²) in [5.41, 5.74) is 2.08. The van der Waals surface area contributed by atoms with Crippen molar-refractivity contribution in [3.05, 3.63) is 66.2 Å². The highest BCUT2D eigenvalue weighted by Gasteiger charge is 2.21. The number of carboxylic acids is 1. The predicted molar refractivity (Wildman–Crippen MR) is 109 cm³/mol. The number of H-pyrrole nitrogens is 1. The smallest absolute Gasteiger partial charge is 0.352 e. The molecule has 4 rings (SSSR count). The number of hydrogen-bond donors (Lipinski definition) is 3. The molecule has 30 heavy (non-hydrogen) atoms. The number of fused-ring (bicyclic) bond motifs is 1. The number of aromatic carboxylic acids is 1. The first-order valence-electron chi connectivity index (χ1n) is 8.99. The van der Waals surface area contributed by atoms with Crippen LogP contribution >= 0.6 is 0 Å². The van der Waals surface area contributed by atoms with Gasteiger partial charge in [0.1, 0.15) is 22.2 Å². The maximum atomic E-state index is 13.1. The maximum absolute atomic E-state index is 13.1. The van der Waals surface area contributed by atoms with Crippen LogP contribution in [0.1, 0.15) is 17.4 Å². The van der Waals surface area contributed by atoms with Crippen LogP contribution in [0.25, 0.3) is 22.4 Å². The summed E-state index contributed by atoms with van der Waals surface area (Å²) >= 11 is 0. The van der Waals surface area contributed by atoms with Gasteiger partial charge in [0.2, 0.25) is 0 Å². The molecule has 0 saturated carbocycles. The Morgan fingerprint density at radius 2 is 1.93 bits per heavy atom. The van der Waals surface area contributed by atoms with Crippen LogP contribution in [0.4, 0.5) is 10.1 Å². The minimum atomic E-state index is -3.99. The molecule has 0 fully saturated rings. The maximum Gasteiger partial charge on any atom is 0.352 e. The van der Waals surface area contributed by atoms with Crippen molar-refractivity contribution in [1.29, 1.82) is 0 Å². The number of carboxylic acid groups (broad SMARTS) is 1. The molecule has 2 heterocycles. The minimum absolute atomic E-state index is 0.106. The molecule has 0 aliphatic carbocycles. The second kappa shape index (κ2) is 7.30. The van der Waals surface area contributed by atoms with Gasteiger partial charge in [-0.05, 0) is 55.5 Å². The molecule has 0 spiro atoms. The Hall–Kier alpha value is -3.66. The van der Waals surface area contributed by atoms with Crippen molar-refractivity contribution in [2.75, 3.05) is 4.72 Å². The fourth-order valence-electron chi connectivity index (χ4n) is 3.10. The average Bonchev–Trinajstić information content (AvgIpc) is 3.32. The molecule has 0 aliphatic rings. The van der Waals surface area contributed by atoms with Gasteiger partial charge in [-0.15, -0.1) is 0 Å². The summed E-state index contributed by atoms with van der Waals surface area (Å²) in [7, 11) is -3.99. The lowest BCUT2D eigenvalue weighted by Gasteiger charge is -2.06. The number of hydrogen-bond acceptors (Lipinski definition) is 4. The van der Waals surface area contributed by atoms with Gasteiger partial charge in [0.15, 0.2) is 0 Å². The van der Waals surface area contributed by atoms with E-state index in [0.717, 1.165) is 6.07 Å². The molecule has 0 saturated heterocycles. The molecular formula is C20H17FN4O4S. The van der Waals surface area contributed by atoms with Gasteiger partial charge in [-0.2, -0.15) is 0 Å². The zero-order valence-corrected chi connectivity index (χ0v) is 16.6. The molecule has 8 nitrogen and oxygen atoms in total. The first kappa shape index (κ1) is 19.6. The Kier molecular flexibility index (Phi) is 4.78. The van der Waals surface area contributed by atoms with E-state index in [-0.39, 0.29) is 22.1 Å². The van der Waals surface area contributed by atoms with Gasteiger partial charge in [0.25, 0.3) is 10.0 Å². The quantitative estimate of drug-likeness (QED) is 0.433. The lowest BCUT2D eigenvalue weighted by molar-refractivity contribution is 0.0685. The second-order valence-electron chi connectivity index (χ2n) is 6.58. The van der Waals surface area contributed by atoms with Gasteiger partial charge in [-0.25, -0.2) is 22.6 Å². The summed E-state index contributed by atoms with van der Waals surface area (Å²) in [5.74, 6) is -1.03. The third-order valence-corrected chi connectivity index (χ3v) is 5.94. The number of aromatic amines is 1. The van der Waals surface area contributed by atoms with Gasteiger partial charge in [0, 0.05) is 18.3 Å². The van der Waals surface area contributed by atoms with Crippen molar-refractivity contribution in [3.8, 4) is 11.4 Å². The first-order chi connectivity index (χ1) is 14.3. The van der Waals surface area contributed by atoms with Crippen molar-refractivity contribution >= 4 is 32.7 Å². The summed E-state index contributed by atoms with van der Waals surface area (Å²) < 4.78 is 42.4. The highest BCUT2D eigenvalue weighted by molar-refractivity contribution is 7.92. The molecule has 0 radical (unpaired) electrons. The fraction of sp³-hybridized carbons (Fsp3) is 0.100. The van der Waals surface area contributed by atoms with Crippen LogP contribution in [0.3, 0.4) is 0 Å². The molecule has 154 valence electrons. The lowest BCUT2D eigenvalue weighted by Crippen LogP contribution is -2.12. The normalized spacial score (nSPS) is 11.7. The van der Waals surface area contributed by atoms with E-state index in [2.05, 4.69) is 14.7 Å². The van der Waals surface area contributed by atoms with E-state index in [1.165, 1.54) is 22.9 Å². The molecule has 2 aromatic heterocycles. The van der Waals surface area contributed by atoms with E-state index in [0.29, 0.717) is 29.0 Å². The topological polar surface area (TPSA) is 117 Å². The molecule has 0 amide bonds.